The maximum Gasteiger partial charge on any atom is 0.255 e. The van der Waals surface area contributed by atoms with E-state index in [1.165, 1.54) is 24.3 Å². The van der Waals surface area contributed by atoms with Gasteiger partial charge < -0.3 is 24.6 Å². The van der Waals surface area contributed by atoms with Crippen LogP contribution in [0.5, 0.6) is 17.2 Å². The molecule has 7 heteroatoms. The zero-order chi connectivity index (χ0) is 21.1. The Hall–Kier alpha value is -3.58. The van der Waals surface area contributed by atoms with Crippen LogP contribution in [0, 0.1) is 5.82 Å². The summed E-state index contributed by atoms with van der Waals surface area (Å²) in [4.78, 5) is 12.7. The molecule has 0 bridgehead atoms. The van der Waals surface area contributed by atoms with E-state index in [0.29, 0.717) is 47.3 Å². The van der Waals surface area contributed by atoms with Crippen molar-refractivity contribution in [3.8, 4) is 17.2 Å². The van der Waals surface area contributed by atoms with Crippen molar-refractivity contribution in [1.29, 1.82) is 0 Å². The minimum atomic E-state index is -1.03. The van der Waals surface area contributed by atoms with Gasteiger partial charge in [0.1, 0.15) is 30.9 Å². The largest absolute Gasteiger partial charge is 0.497 e. The summed E-state index contributed by atoms with van der Waals surface area (Å²) < 4.78 is 29.6. The summed E-state index contributed by atoms with van der Waals surface area (Å²) in [5.41, 5.74) is 1.72. The summed E-state index contributed by atoms with van der Waals surface area (Å²) in [5.74, 6) is 0.763. The second kappa shape index (κ2) is 8.42. The summed E-state index contributed by atoms with van der Waals surface area (Å²) in [6.45, 7) is 0.783. The van der Waals surface area contributed by atoms with E-state index in [2.05, 4.69) is 5.32 Å². The Bertz CT molecular complexity index is 1050. The van der Waals surface area contributed by atoms with E-state index in [1.54, 1.807) is 43.5 Å². The molecule has 154 valence electrons. The van der Waals surface area contributed by atoms with Crippen molar-refractivity contribution in [2.75, 3.05) is 25.6 Å². The van der Waals surface area contributed by atoms with Gasteiger partial charge in [-0.15, -0.1) is 0 Å². The average Bonchev–Trinajstić information content (AvgIpc) is 2.78. The van der Waals surface area contributed by atoms with Gasteiger partial charge in [0.15, 0.2) is 11.5 Å². The van der Waals surface area contributed by atoms with E-state index in [0.717, 1.165) is 0 Å². The molecular weight excluding hydrogens is 389 g/mol. The molecule has 1 aliphatic rings. The third-order valence-electron chi connectivity index (χ3n) is 4.80. The van der Waals surface area contributed by atoms with Crippen molar-refractivity contribution in [3.63, 3.8) is 0 Å². The van der Waals surface area contributed by atoms with Crippen LogP contribution in [0.4, 0.5) is 10.1 Å². The first-order valence-corrected chi connectivity index (χ1v) is 9.37. The highest BCUT2D eigenvalue weighted by Gasteiger charge is 2.23. The van der Waals surface area contributed by atoms with Gasteiger partial charge in [-0.2, -0.15) is 0 Å². The van der Waals surface area contributed by atoms with Crippen LogP contribution >= 0.6 is 0 Å². The van der Waals surface area contributed by atoms with Crippen molar-refractivity contribution in [2.45, 2.75) is 6.10 Å². The number of amides is 1. The number of nitrogens with one attached hydrogen (secondary N) is 1. The average molecular weight is 409 g/mol. The van der Waals surface area contributed by atoms with Gasteiger partial charge in [-0.1, -0.05) is 12.1 Å². The Morgan fingerprint density at radius 2 is 1.67 bits per heavy atom. The number of anilines is 1. The molecule has 0 saturated heterocycles. The third-order valence-corrected chi connectivity index (χ3v) is 4.80. The molecule has 1 heterocycles. The monoisotopic (exact) mass is 409 g/mol. The second-order valence-electron chi connectivity index (χ2n) is 6.72. The molecule has 3 aromatic carbocycles. The van der Waals surface area contributed by atoms with Gasteiger partial charge in [-0.3, -0.25) is 4.79 Å². The number of methoxy groups -OCH3 is 1. The van der Waals surface area contributed by atoms with Crippen LogP contribution < -0.4 is 19.5 Å². The second-order valence-corrected chi connectivity index (χ2v) is 6.72. The highest BCUT2D eigenvalue weighted by Crippen LogP contribution is 2.40. The Labute approximate surface area is 172 Å². The number of benzene rings is 3. The summed E-state index contributed by atoms with van der Waals surface area (Å²) in [6, 6.07) is 15.5. The smallest absolute Gasteiger partial charge is 0.255 e. The van der Waals surface area contributed by atoms with Crippen LogP contribution in [0.2, 0.25) is 0 Å². The molecule has 1 atom stereocenters. The highest BCUT2D eigenvalue weighted by molar-refractivity contribution is 6.04. The summed E-state index contributed by atoms with van der Waals surface area (Å²) in [7, 11) is 1.56. The number of fused-ring (bicyclic) bond motifs is 1. The molecule has 3 aromatic rings. The lowest BCUT2D eigenvalue weighted by Crippen LogP contribution is -2.18. The molecule has 0 saturated carbocycles. The normalized spacial score (nSPS) is 13.4. The summed E-state index contributed by atoms with van der Waals surface area (Å²) in [6.07, 6.45) is -1.03. The van der Waals surface area contributed by atoms with Crippen molar-refractivity contribution in [2.24, 2.45) is 0 Å². The standard InChI is InChI=1S/C23H20FNO5/c1-28-17-8-4-14(5-9-17)22(26)18-12-20-21(30-11-10-29-20)13-19(18)25-23(27)15-2-6-16(24)7-3-15/h2-9,12-13,22,26H,10-11H2,1H3,(H,25,27). The number of aliphatic hydroxyl groups is 1. The molecule has 30 heavy (non-hydrogen) atoms. The number of hydrogen-bond donors (Lipinski definition) is 2. The molecule has 1 aliphatic heterocycles. The first kappa shape index (κ1) is 19.7. The molecule has 0 aliphatic carbocycles. The molecule has 0 fully saturated rings. The van der Waals surface area contributed by atoms with Gasteiger partial charge in [0.2, 0.25) is 0 Å². The predicted molar refractivity (Wildman–Crippen MR) is 109 cm³/mol. The number of aliphatic hydroxyl groups excluding tert-OH is 1. The Kier molecular flexibility index (Phi) is 5.54. The zero-order valence-electron chi connectivity index (χ0n) is 16.2. The van der Waals surface area contributed by atoms with Crippen LogP contribution in [0.25, 0.3) is 0 Å². The van der Waals surface area contributed by atoms with Crippen molar-refractivity contribution in [3.05, 3.63) is 83.2 Å². The summed E-state index contributed by atoms with van der Waals surface area (Å²) in [5, 5.41) is 13.8. The molecule has 1 amide bonds. The predicted octanol–water partition coefficient (Wildman–Crippen LogP) is 3.94. The quantitative estimate of drug-likeness (QED) is 0.668. The molecular formula is C23H20FNO5. The fraction of sp³-hybridized carbons (Fsp3) is 0.174. The fourth-order valence-electron chi connectivity index (χ4n) is 3.20. The third kappa shape index (κ3) is 4.06. The van der Waals surface area contributed by atoms with Gasteiger partial charge in [0.25, 0.3) is 5.91 Å². The topological polar surface area (TPSA) is 77.0 Å². The first-order valence-electron chi connectivity index (χ1n) is 9.37. The Morgan fingerprint density at radius 1 is 1.03 bits per heavy atom. The lowest BCUT2D eigenvalue weighted by Gasteiger charge is -2.23. The molecule has 6 nitrogen and oxygen atoms in total. The van der Waals surface area contributed by atoms with Gasteiger partial charge >= 0.3 is 0 Å². The first-order chi connectivity index (χ1) is 14.5. The van der Waals surface area contributed by atoms with E-state index < -0.39 is 17.8 Å². The Balaban J connectivity index is 1.70. The number of hydrogen-bond acceptors (Lipinski definition) is 5. The number of ether oxygens (including phenoxy) is 3. The van der Waals surface area contributed by atoms with Gasteiger partial charge in [0, 0.05) is 17.2 Å². The lowest BCUT2D eigenvalue weighted by molar-refractivity contribution is 0.102. The number of halogens is 1. The highest BCUT2D eigenvalue weighted by atomic mass is 19.1. The van der Waals surface area contributed by atoms with E-state index in [4.69, 9.17) is 14.2 Å². The number of rotatable bonds is 5. The number of carbonyl (C=O) groups is 1. The van der Waals surface area contributed by atoms with Crippen molar-refractivity contribution < 1.29 is 28.5 Å². The van der Waals surface area contributed by atoms with Crippen LogP contribution in [0.15, 0.2) is 60.7 Å². The maximum absolute atomic E-state index is 13.2. The van der Waals surface area contributed by atoms with E-state index in [9.17, 15) is 14.3 Å². The van der Waals surface area contributed by atoms with E-state index in [1.807, 2.05) is 0 Å². The fourth-order valence-corrected chi connectivity index (χ4v) is 3.20. The molecule has 2 N–H and O–H groups in total. The van der Waals surface area contributed by atoms with Crippen LogP contribution in [0.1, 0.15) is 27.6 Å². The molecule has 4 rings (SSSR count). The van der Waals surface area contributed by atoms with Crippen LogP contribution in [-0.2, 0) is 0 Å². The van der Waals surface area contributed by atoms with E-state index in [-0.39, 0.29) is 5.56 Å². The molecule has 0 radical (unpaired) electrons. The number of carbonyl (C=O) groups excluding carboxylic acids is 1. The molecule has 1 unspecified atom stereocenters. The van der Waals surface area contributed by atoms with Crippen LogP contribution in [0.3, 0.4) is 0 Å². The minimum Gasteiger partial charge on any atom is -0.497 e. The van der Waals surface area contributed by atoms with Crippen LogP contribution in [-0.4, -0.2) is 31.3 Å². The zero-order valence-corrected chi connectivity index (χ0v) is 16.2. The molecule has 0 aromatic heterocycles. The van der Waals surface area contributed by atoms with Gasteiger partial charge in [-0.05, 0) is 48.0 Å². The molecule has 0 spiro atoms. The van der Waals surface area contributed by atoms with Crippen molar-refractivity contribution in [1.82, 2.24) is 0 Å². The lowest BCUT2D eigenvalue weighted by atomic mass is 9.98. The Morgan fingerprint density at radius 3 is 2.30 bits per heavy atom. The van der Waals surface area contributed by atoms with Gasteiger partial charge in [0.05, 0.1) is 12.8 Å². The summed E-state index contributed by atoms with van der Waals surface area (Å²) >= 11 is 0. The SMILES string of the molecule is COc1ccc(C(O)c2cc3c(cc2NC(=O)c2ccc(F)cc2)OCCO3)cc1. The minimum absolute atomic E-state index is 0.288. The van der Waals surface area contributed by atoms with E-state index >= 15 is 0 Å². The maximum atomic E-state index is 13.2. The van der Waals surface area contributed by atoms with Crippen molar-refractivity contribution >= 4 is 11.6 Å². The van der Waals surface area contributed by atoms with Gasteiger partial charge in [-0.25, -0.2) is 4.39 Å².